The number of nitrogens with zero attached hydrogens (tertiary/aromatic N) is 1. The number of nitrogens with one attached hydrogen (secondary N) is 1. The van der Waals surface area contributed by atoms with Crippen LogP contribution in [0.3, 0.4) is 0 Å². The summed E-state index contributed by atoms with van der Waals surface area (Å²) in [6.45, 7) is 0. The van der Waals surface area contributed by atoms with E-state index in [2.05, 4.69) is 5.43 Å². The van der Waals surface area contributed by atoms with Gasteiger partial charge >= 0.3 is 15.2 Å². The van der Waals surface area contributed by atoms with Crippen LogP contribution in [-0.4, -0.2) is 54.7 Å². The van der Waals surface area contributed by atoms with E-state index in [-0.39, 0.29) is 6.04 Å². The first-order chi connectivity index (χ1) is 7.67. The van der Waals surface area contributed by atoms with Gasteiger partial charge in [0.1, 0.15) is 12.6 Å². The van der Waals surface area contributed by atoms with Gasteiger partial charge < -0.3 is 19.6 Å². The molecule has 1 rings (SSSR count). The Morgan fingerprint density at radius 2 is 1.88 bits per heavy atom. The SMILES string of the molecule is O=P(O)(O)CNN(CP(=O)(O)O)C1CCSC1. The molecule has 102 valence electrons. The lowest BCUT2D eigenvalue weighted by atomic mass is 10.3. The Hall–Kier alpha value is 0.570. The highest BCUT2D eigenvalue weighted by Crippen LogP contribution is 2.38. The van der Waals surface area contributed by atoms with E-state index >= 15 is 0 Å². The predicted octanol–water partition coefficient (Wildman–Crippen LogP) is -0.431. The molecule has 0 radical (unpaired) electrons. The standard InChI is InChI=1S/C6H16N2O6P2S/c9-15(10,11)4-7-8(5-16(12,13)14)6-1-2-17-3-6/h6-7H,1-5H2,(H2,9,10,11)(H2,12,13,14). The van der Waals surface area contributed by atoms with Gasteiger partial charge in [-0.25, -0.2) is 10.4 Å². The Morgan fingerprint density at radius 3 is 2.29 bits per heavy atom. The molecule has 5 N–H and O–H groups in total. The second-order valence-corrected chi connectivity index (χ2v) is 8.18. The molecule has 8 nitrogen and oxygen atoms in total. The minimum atomic E-state index is -4.26. The lowest BCUT2D eigenvalue weighted by Gasteiger charge is -2.29. The zero-order chi connectivity index (χ0) is 13.1. The van der Waals surface area contributed by atoms with Gasteiger partial charge in [-0.2, -0.15) is 11.8 Å². The molecule has 1 aliphatic heterocycles. The molecule has 0 amide bonds. The molecule has 1 saturated heterocycles. The van der Waals surface area contributed by atoms with Crippen molar-refractivity contribution < 1.29 is 28.7 Å². The molecule has 0 aromatic rings. The maximum atomic E-state index is 10.9. The number of hydrogen-bond acceptors (Lipinski definition) is 5. The summed E-state index contributed by atoms with van der Waals surface area (Å²) in [5.74, 6) is 1.56. The first kappa shape index (κ1) is 15.6. The highest BCUT2D eigenvalue weighted by atomic mass is 32.2. The van der Waals surface area contributed by atoms with Crippen LogP contribution in [0.15, 0.2) is 0 Å². The summed E-state index contributed by atoms with van der Waals surface area (Å²) in [5.41, 5.74) is 2.42. The Morgan fingerprint density at radius 1 is 1.24 bits per heavy atom. The fourth-order valence-corrected chi connectivity index (χ4v) is 3.76. The number of thioether (sulfide) groups is 1. The monoisotopic (exact) mass is 306 g/mol. The second-order valence-electron chi connectivity index (χ2n) is 3.77. The van der Waals surface area contributed by atoms with Gasteiger partial charge in [0.05, 0.1) is 0 Å². The van der Waals surface area contributed by atoms with Crippen molar-refractivity contribution in [2.45, 2.75) is 12.5 Å². The van der Waals surface area contributed by atoms with Crippen molar-refractivity contribution >= 4 is 27.0 Å². The van der Waals surface area contributed by atoms with E-state index in [0.29, 0.717) is 5.75 Å². The van der Waals surface area contributed by atoms with Crippen LogP contribution in [0.25, 0.3) is 0 Å². The van der Waals surface area contributed by atoms with Crippen molar-refractivity contribution in [3.05, 3.63) is 0 Å². The van der Waals surface area contributed by atoms with E-state index in [0.717, 1.165) is 12.2 Å². The van der Waals surface area contributed by atoms with Gasteiger partial charge in [0, 0.05) is 11.8 Å². The van der Waals surface area contributed by atoms with E-state index < -0.39 is 27.8 Å². The smallest absolute Gasteiger partial charge is 0.323 e. The molecule has 1 unspecified atom stereocenters. The summed E-state index contributed by atoms with van der Waals surface area (Å²) in [5, 5.41) is 1.25. The van der Waals surface area contributed by atoms with Crippen molar-refractivity contribution in [1.82, 2.24) is 10.4 Å². The number of rotatable bonds is 6. The Balaban J connectivity index is 2.58. The van der Waals surface area contributed by atoms with Crippen LogP contribution in [0.1, 0.15) is 6.42 Å². The summed E-state index contributed by atoms with van der Waals surface area (Å²) in [7, 11) is -8.49. The third-order valence-electron chi connectivity index (χ3n) is 2.16. The zero-order valence-electron chi connectivity index (χ0n) is 8.97. The van der Waals surface area contributed by atoms with Crippen LogP contribution in [0.4, 0.5) is 0 Å². The maximum Gasteiger partial charge on any atom is 0.340 e. The van der Waals surface area contributed by atoms with Crippen molar-refractivity contribution in [2.75, 3.05) is 24.1 Å². The van der Waals surface area contributed by atoms with E-state index in [1.54, 1.807) is 11.8 Å². The molecule has 1 aliphatic rings. The fraction of sp³-hybridized carbons (Fsp3) is 1.00. The molecule has 0 aromatic carbocycles. The molecule has 1 heterocycles. The Kier molecular flexibility index (Phi) is 5.65. The second kappa shape index (κ2) is 6.14. The molecular formula is C6H16N2O6P2S. The number of hydrazine groups is 1. The van der Waals surface area contributed by atoms with Gasteiger partial charge in [-0.05, 0) is 12.2 Å². The van der Waals surface area contributed by atoms with Gasteiger partial charge in [-0.1, -0.05) is 0 Å². The van der Waals surface area contributed by atoms with Crippen molar-refractivity contribution in [3.8, 4) is 0 Å². The molecule has 11 heteroatoms. The van der Waals surface area contributed by atoms with Crippen LogP contribution in [0.2, 0.25) is 0 Å². The third kappa shape index (κ3) is 6.91. The largest absolute Gasteiger partial charge is 0.340 e. The minimum Gasteiger partial charge on any atom is -0.323 e. The molecule has 0 aromatic heterocycles. The summed E-state index contributed by atoms with van der Waals surface area (Å²) < 4.78 is 21.7. The van der Waals surface area contributed by atoms with Crippen LogP contribution in [0, 0.1) is 0 Å². The van der Waals surface area contributed by atoms with Crippen LogP contribution < -0.4 is 5.43 Å². The molecule has 17 heavy (non-hydrogen) atoms. The average Bonchev–Trinajstić information content (AvgIpc) is 2.61. The lowest BCUT2D eigenvalue weighted by molar-refractivity contribution is 0.159. The third-order valence-corrected chi connectivity index (χ3v) is 4.53. The van der Waals surface area contributed by atoms with Gasteiger partial charge in [0.2, 0.25) is 0 Å². The van der Waals surface area contributed by atoms with Crippen molar-refractivity contribution in [2.24, 2.45) is 0 Å². The highest BCUT2D eigenvalue weighted by molar-refractivity contribution is 7.99. The first-order valence-corrected chi connectivity index (χ1v) is 9.59. The van der Waals surface area contributed by atoms with E-state index in [1.807, 2.05) is 0 Å². The van der Waals surface area contributed by atoms with Gasteiger partial charge in [-0.15, -0.1) is 0 Å². The molecule has 0 aliphatic carbocycles. The molecule has 0 spiro atoms. The van der Waals surface area contributed by atoms with E-state index in [9.17, 15) is 9.13 Å². The molecule has 1 atom stereocenters. The normalized spacial score (nSPS) is 22.3. The molecular weight excluding hydrogens is 290 g/mol. The molecule has 0 bridgehead atoms. The fourth-order valence-electron chi connectivity index (χ4n) is 1.44. The zero-order valence-corrected chi connectivity index (χ0v) is 11.6. The minimum absolute atomic E-state index is 0.112. The number of hydrogen-bond donors (Lipinski definition) is 5. The Bertz CT molecular complexity index is 337. The average molecular weight is 306 g/mol. The van der Waals surface area contributed by atoms with Crippen LogP contribution >= 0.6 is 27.0 Å². The predicted molar refractivity (Wildman–Crippen MR) is 64.5 cm³/mol. The van der Waals surface area contributed by atoms with E-state index in [4.69, 9.17) is 19.6 Å². The Labute approximate surface area is 103 Å². The highest BCUT2D eigenvalue weighted by Gasteiger charge is 2.29. The maximum absolute atomic E-state index is 10.9. The summed E-state index contributed by atoms with van der Waals surface area (Å²) >= 11 is 1.64. The summed E-state index contributed by atoms with van der Waals surface area (Å²) in [6.07, 6.45) is -0.425. The topological polar surface area (TPSA) is 130 Å². The van der Waals surface area contributed by atoms with Crippen molar-refractivity contribution in [3.63, 3.8) is 0 Å². The molecule has 0 saturated carbocycles. The van der Waals surface area contributed by atoms with Crippen LogP contribution in [0.5, 0.6) is 0 Å². The van der Waals surface area contributed by atoms with E-state index in [1.165, 1.54) is 5.01 Å². The van der Waals surface area contributed by atoms with Gasteiger partial charge in [0.15, 0.2) is 0 Å². The first-order valence-electron chi connectivity index (χ1n) is 4.84. The summed E-state index contributed by atoms with van der Waals surface area (Å²) in [4.78, 5) is 35.3. The van der Waals surface area contributed by atoms with Gasteiger partial charge in [0.25, 0.3) is 0 Å². The lowest BCUT2D eigenvalue weighted by Crippen LogP contribution is -2.46. The van der Waals surface area contributed by atoms with Crippen LogP contribution in [-0.2, 0) is 9.13 Å². The molecule has 1 fully saturated rings. The van der Waals surface area contributed by atoms with Crippen molar-refractivity contribution in [1.29, 1.82) is 0 Å². The summed E-state index contributed by atoms with van der Waals surface area (Å²) in [6, 6.07) is -0.112. The quantitative estimate of drug-likeness (QED) is 0.327. The van der Waals surface area contributed by atoms with Gasteiger partial charge in [-0.3, -0.25) is 9.13 Å².